The van der Waals surface area contributed by atoms with Gasteiger partial charge in [-0.1, -0.05) is 11.2 Å². The molecule has 0 spiro atoms. The average molecular weight is 436 g/mol. The Kier molecular flexibility index (Phi) is 5.89. The van der Waals surface area contributed by atoms with Crippen LogP contribution in [0.5, 0.6) is 11.5 Å². The number of aromatic nitrogens is 3. The summed E-state index contributed by atoms with van der Waals surface area (Å²) >= 11 is 0. The maximum absolute atomic E-state index is 13.5. The van der Waals surface area contributed by atoms with Crippen molar-refractivity contribution in [2.75, 3.05) is 19.5 Å². The van der Waals surface area contributed by atoms with Crippen molar-refractivity contribution in [2.45, 2.75) is 13.5 Å². The number of carbonyl (C=O) groups is 1. The fourth-order valence-corrected chi connectivity index (χ4v) is 3.24. The second-order valence-electron chi connectivity index (χ2n) is 7.02. The molecule has 2 aromatic heterocycles. The van der Waals surface area contributed by atoms with Crippen LogP contribution in [-0.2, 0) is 11.3 Å². The number of ether oxygens (including phenoxy) is 2. The van der Waals surface area contributed by atoms with Gasteiger partial charge in [-0.2, -0.15) is 4.98 Å². The maximum Gasteiger partial charge on any atom is 0.274 e. The molecule has 164 valence electrons. The molecule has 0 radical (unpaired) electrons. The van der Waals surface area contributed by atoms with Gasteiger partial charge in [0.15, 0.2) is 11.5 Å². The largest absolute Gasteiger partial charge is 0.493 e. The van der Waals surface area contributed by atoms with Gasteiger partial charge in [0.05, 0.1) is 14.2 Å². The van der Waals surface area contributed by atoms with Crippen molar-refractivity contribution in [1.82, 2.24) is 14.7 Å². The molecule has 9 heteroatoms. The monoisotopic (exact) mass is 436 g/mol. The molecule has 4 rings (SSSR count). The molecule has 0 saturated carbocycles. The van der Waals surface area contributed by atoms with Crippen LogP contribution in [0.1, 0.15) is 5.56 Å². The number of rotatable bonds is 7. The van der Waals surface area contributed by atoms with E-state index in [0.717, 1.165) is 5.56 Å². The Morgan fingerprint density at radius 1 is 1.12 bits per heavy atom. The number of methoxy groups -OCH3 is 2. The molecule has 0 bridgehead atoms. The van der Waals surface area contributed by atoms with E-state index >= 15 is 0 Å². The van der Waals surface area contributed by atoms with Gasteiger partial charge < -0.3 is 23.9 Å². The fraction of sp³-hybridized carbons (Fsp3) is 0.174. The number of nitrogens with one attached hydrogen (secondary N) is 1. The number of aryl methyl sites for hydroxylation is 1. The van der Waals surface area contributed by atoms with Gasteiger partial charge >= 0.3 is 0 Å². The third-order valence-electron chi connectivity index (χ3n) is 4.90. The second kappa shape index (κ2) is 8.93. The molecule has 8 nitrogen and oxygen atoms in total. The van der Waals surface area contributed by atoms with E-state index in [1.165, 1.54) is 12.1 Å². The Morgan fingerprint density at radius 2 is 1.94 bits per heavy atom. The zero-order valence-electron chi connectivity index (χ0n) is 17.8. The van der Waals surface area contributed by atoms with Crippen molar-refractivity contribution in [2.24, 2.45) is 0 Å². The van der Waals surface area contributed by atoms with Gasteiger partial charge in [-0.15, -0.1) is 0 Å². The van der Waals surface area contributed by atoms with Gasteiger partial charge in [-0.25, -0.2) is 4.39 Å². The molecule has 0 aliphatic carbocycles. The Morgan fingerprint density at radius 3 is 2.72 bits per heavy atom. The van der Waals surface area contributed by atoms with E-state index in [1.54, 1.807) is 68.3 Å². The van der Waals surface area contributed by atoms with E-state index in [0.29, 0.717) is 34.3 Å². The second-order valence-corrected chi connectivity index (χ2v) is 7.02. The van der Waals surface area contributed by atoms with E-state index in [9.17, 15) is 9.18 Å². The van der Waals surface area contributed by atoms with Crippen LogP contribution >= 0.6 is 0 Å². The van der Waals surface area contributed by atoms with Gasteiger partial charge in [-0.05, 0) is 55.0 Å². The normalized spacial score (nSPS) is 10.8. The Hall–Kier alpha value is -4.14. The minimum Gasteiger partial charge on any atom is -0.493 e. The molecule has 4 aromatic rings. The first kappa shape index (κ1) is 21.1. The first-order chi connectivity index (χ1) is 15.5. The quantitative estimate of drug-likeness (QED) is 0.464. The summed E-state index contributed by atoms with van der Waals surface area (Å²) in [5.74, 6) is 1.04. The summed E-state index contributed by atoms with van der Waals surface area (Å²) < 4.78 is 31.2. The Bertz CT molecular complexity index is 1260. The predicted octanol–water partition coefficient (Wildman–Crippen LogP) is 4.31. The fourth-order valence-electron chi connectivity index (χ4n) is 3.24. The number of hydrogen-bond acceptors (Lipinski definition) is 6. The third-order valence-corrected chi connectivity index (χ3v) is 4.90. The highest BCUT2D eigenvalue weighted by atomic mass is 19.1. The van der Waals surface area contributed by atoms with Crippen molar-refractivity contribution in [3.8, 4) is 34.5 Å². The Labute approximate surface area is 183 Å². The van der Waals surface area contributed by atoms with Crippen molar-refractivity contribution in [3.63, 3.8) is 0 Å². The summed E-state index contributed by atoms with van der Waals surface area (Å²) in [6.45, 7) is 1.79. The molecule has 0 atom stereocenters. The molecule has 0 aliphatic rings. The van der Waals surface area contributed by atoms with Gasteiger partial charge in [0.1, 0.15) is 18.1 Å². The van der Waals surface area contributed by atoms with Crippen LogP contribution in [-0.4, -0.2) is 34.8 Å². The maximum atomic E-state index is 13.5. The van der Waals surface area contributed by atoms with Crippen LogP contribution in [0.25, 0.3) is 23.0 Å². The lowest BCUT2D eigenvalue weighted by molar-refractivity contribution is -0.116. The SMILES string of the molecule is COc1ccc(-c2noc(-c3cccn3CC(=O)Nc3cc(F)ccc3C)n2)cc1OC. The molecular weight excluding hydrogens is 415 g/mol. The van der Waals surface area contributed by atoms with Crippen LogP contribution in [0.3, 0.4) is 0 Å². The van der Waals surface area contributed by atoms with E-state index in [1.807, 2.05) is 0 Å². The van der Waals surface area contributed by atoms with Crippen molar-refractivity contribution >= 4 is 11.6 Å². The summed E-state index contributed by atoms with van der Waals surface area (Å²) in [4.78, 5) is 17.0. The van der Waals surface area contributed by atoms with Crippen LogP contribution < -0.4 is 14.8 Å². The van der Waals surface area contributed by atoms with Crippen molar-refractivity contribution in [3.05, 3.63) is 66.1 Å². The molecule has 0 saturated heterocycles. The van der Waals surface area contributed by atoms with Gasteiger partial charge in [-0.3, -0.25) is 4.79 Å². The van der Waals surface area contributed by atoms with E-state index in [4.69, 9.17) is 14.0 Å². The smallest absolute Gasteiger partial charge is 0.274 e. The summed E-state index contributed by atoms with van der Waals surface area (Å²) in [5.41, 5.74) is 2.46. The molecule has 32 heavy (non-hydrogen) atoms. The lowest BCUT2D eigenvalue weighted by Gasteiger charge is -2.10. The number of anilines is 1. The molecule has 1 N–H and O–H groups in total. The first-order valence-electron chi connectivity index (χ1n) is 9.76. The van der Waals surface area contributed by atoms with E-state index < -0.39 is 5.82 Å². The number of benzene rings is 2. The topological polar surface area (TPSA) is 91.4 Å². The number of hydrogen-bond donors (Lipinski definition) is 1. The molecule has 1 amide bonds. The zero-order chi connectivity index (χ0) is 22.7. The van der Waals surface area contributed by atoms with Crippen LogP contribution in [0.2, 0.25) is 0 Å². The minimum atomic E-state index is -0.416. The lowest BCUT2D eigenvalue weighted by atomic mass is 10.2. The molecular formula is C23H21FN4O4. The van der Waals surface area contributed by atoms with Gasteiger partial charge in [0.25, 0.3) is 5.89 Å². The average Bonchev–Trinajstić information content (AvgIpc) is 3.45. The zero-order valence-corrected chi connectivity index (χ0v) is 17.8. The summed E-state index contributed by atoms with van der Waals surface area (Å²) in [6.07, 6.45) is 1.73. The molecule has 2 aromatic carbocycles. The molecule has 0 aliphatic heterocycles. The lowest BCUT2D eigenvalue weighted by Crippen LogP contribution is -2.19. The number of carbonyl (C=O) groups excluding carboxylic acids is 1. The third kappa shape index (κ3) is 4.31. The summed E-state index contributed by atoms with van der Waals surface area (Å²) in [5, 5.41) is 6.77. The molecule has 0 unspecified atom stereocenters. The summed E-state index contributed by atoms with van der Waals surface area (Å²) in [7, 11) is 3.11. The number of nitrogens with zero attached hydrogens (tertiary/aromatic N) is 3. The highest BCUT2D eigenvalue weighted by molar-refractivity contribution is 5.91. The number of amides is 1. The van der Waals surface area contributed by atoms with Gasteiger partial charge in [0.2, 0.25) is 11.7 Å². The van der Waals surface area contributed by atoms with Crippen molar-refractivity contribution < 1.29 is 23.2 Å². The van der Waals surface area contributed by atoms with Crippen LogP contribution in [0.4, 0.5) is 10.1 Å². The Balaban J connectivity index is 1.54. The molecule has 2 heterocycles. The van der Waals surface area contributed by atoms with E-state index in [2.05, 4.69) is 15.5 Å². The summed E-state index contributed by atoms with van der Waals surface area (Å²) in [6, 6.07) is 13.1. The van der Waals surface area contributed by atoms with Crippen LogP contribution in [0, 0.1) is 12.7 Å². The van der Waals surface area contributed by atoms with Crippen LogP contribution in [0.15, 0.2) is 59.3 Å². The standard InChI is InChI=1S/C23H21FN4O4/c1-14-6-8-16(24)12-17(14)25-21(29)13-28-10-4-5-18(28)23-26-22(27-32-23)15-7-9-19(30-2)20(11-15)31-3/h4-12H,13H2,1-3H3,(H,25,29). The first-order valence-corrected chi connectivity index (χ1v) is 9.76. The van der Waals surface area contributed by atoms with Crippen molar-refractivity contribution in [1.29, 1.82) is 0 Å². The predicted molar refractivity (Wildman–Crippen MR) is 116 cm³/mol. The highest BCUT2D eigenvalue weighted by Crippen LogP contribution is 2.32. The highest BCUT2D eigenvalue weighted by Gasteiger charge is 2.17. The van der Waals surface area contributed by atoms with Gasteiger partial charge in [0, 0.05) is 17.4 Å². The van der Waals surface area contributed by atoms with E-state index in [-0.39, 0.29) is 18.3 Å². The minimum absolute atomic E-state index is 0.00758. The molecule has 0 fully saturated rings. The number of halogens is 1.